The van der Waals surface area contributed by atoms with E-state index >= 15 is 0 Å². The lowest BCUT2D eigenvalue weighted by molar-refractivity contribution is -0.132. The van der Waals surface area contributed by atoms with E-state index in [0.717, 1.165) is 4.90 Å². The molecule has 1 aliphatic rings. The molecule has 0 bridgehead atoms. The quantitative estimate of drug-likeness (QED) is 0.331. The first kappa shape index (κ1) is 27.1. The first-order valence-corrected chi connectivity index (χ1v) is 13.5. The van der Waals surface area contributed by atoms with E-state index in [0.29, 0.717) is 9.69 Å². The summed E-state index contributed by atoms with van der Waals surface area (Å²) in [7, 11) is 0.788. The van der Waals surface area contributed by atoms with Gasteiger partial charge in [-0.3, -0.25) is 9.78 Å². The monoisotopic (exact) mass is 583 g/mol. The lowest BCUT2D eigenvalue weighted by Crippen LogP contribution is -2.48. The van der Waals surface area contributed by atoms with E-state index in [-0.39, 0.29) is 44.1 Å². The van der Waals surface area contributed by atoms with Crippen LogP contribution in [0.15, 0.2) is 65.8 Å². The minimum atomic E-state index is -4.64. The van der Waals surface area contributed by atoms with Gasteiger partial charge in [-0.05, 0) is 30.3 Å². The zero-order chi connectivity index (χ0) is 28.8. The number of carbonyl (C=O) groups is 2. The molecule has 4 aromatic rings. The van der Waals surface area contributed by atoms with Crippen LogP contribution < -0.4 is 13.8 Å². The molecule has 2 aromatic heterocycles. The zero-order valence-corrected chi connectivity index (χ0v) is 23.2. The van der Waals surface area contributed by atoms with Gasteiger partial charge in [-0.25, -0.2) is 18.2 Å². The topological polar surface area (TPSA) is 141 Å². The SMILES string of the molecule is COc1ncc(C2(OC(=O)N(C)C)C(=O)N(S(=O)(=O)c3cccc4cccnc34)c3ccc(Cl)cc32)c(OC)n1. The molecule has 14 heteroatoms. The number of sulfonamides is 1. The highest BCUT2D eigenvalue weighted by Crippen LogP contribution is 2.52. The van der Waals surface area contributed by atoms with Crippen LogP contribution in [-0.4, -0.2) is 68.6 Å². The zero-order valence-electron chi connectivity index (χ0n) is 21.7. The van der Waals surface area contributed by atoms with Crippen molar-refractivity contribution < 1.29 is 32.2 Å². The molecule has 0 saturated heterocycles. The summed E-state index contributed by atoms with van der Waals surface area (Å²) in [4.78, 5) is 41.0. The van der Waals surface area contributed by atoms with E-state index < -0.39 is 27.6 Å². The Labute approximate surface area is 234 Å². The number of amides is 2. The van der Waals surface area contributed by atoms with Gasteiger partial charge in [-0.15, -0.1) is 0 Å². The van der Waals surface area contributed by atoms with Crippen LogP contribution >= 0.6 is 11.6 Å². The number of hydrogen-bond donors (Lipinski definition) is 0. The molecular weight excluding hydrogens is 562 g/mol. The van der Waals surface area contributed by atoms with Crippen molar-refractivity contribution in [2.45, 2.75) is 10.5 Å². The van der Waals surface area contributed by atoms with Crippen molar-refractivity contribution in [3.63, 3.8) is 0 Å². The molecule has 2 aromatic carbocycles. The van der Waals surface area contributed by atoms with E-state index in [1.165, 1.54) is 65.0 Å². The summed E-state index contributed by atoms with van der Waals surface area (Å²) < 4.78 is 45.5. The lowest BCUT2D eigenvalue weighted by atomic mass is 9.88. The molecule has 1 aliphatic heterocycles. The molecule has 0 fully saturated rings. The number of carbonyl (C=O) groups excluding carboxylic acids is 2. The molecule has 206 valence electrons. The second kappa shape index (κ2) is 9.92. The summed E-state index contributed by atoms with van der Waals surface area (Å²) in [5, 5.41) is 0.693. The van der Waals surface area contributed by atoms with Gasteiger partial charge in [0.15, 0.2) is 0 Å². The molecule has 1 atom stereocenters. The summed E-state index contributed by atoms with van der Waals surface area (Å²) in [5.74, 6) is -1.33. The first-order valence-electron chi connectivity index (χ1n) is 11.7. The number of fused-ring (bicyclic) bond motifs is 2. The van der Waals surface area contributed by atoms with Gasteiger partial charge in [0.25, 0.3) is 21.5 Å². The minimum absolute atomic E-state index is 0.0379. The van der Waals surface area contributed by atoms with Crippen LogP contribution in [0.25, 0.3) is 10.9 Å². The third kappa shape index (κ3) is 4.05. The fourth-order valence-electron chi connectivity index (χ4n) is 4.44. The first-order chi connectivity index (χ1) is 19.1. The van der Waals surface area contributed by atoms with Crippen molar-refractivity contribution in [2.24, 2.45) is 0 Å². The Kier molecular flexibility index (Phi) is 6.72. The molecule has 0 N–H and O–H groups in total. The molecule has 0 saturated carbocycles. The Hall–Kier alpha value is -4.49. The average molecular weight is 584 g/mol. The maximum Gasteiger partial charge on any atom is 0.411 e. The van der Waals surface area contributed by atoms with Crippen molar-refractivity contribution in [3.05, 3.63) is 77.1 Å². The van der Waals surface area contributed by atoms with Crippen molar-refractivity contribution in [1.29, 1.82) is 0 Å². The molecule has 0 aliphatic carbocycles. The highest BCUT2D eigenvalue weighted by Gasteiger charge is 2.61. The predicted molar refractivity (Wildman–Crippen MR) is 144 cm³/mol. The highest BCUT2D eigenvalue weighted by molar-refractivity contribution is 7.93. The van der Waals surface area contributed by atoms with Crippen LogP contribution in [0.3, 0.4) is 0 Å². The van der Waals surface area contributed by atoms with Gasteiger partial charge in [0.2, 0.25) is 5.88 Å². The maximum absolute atomic E-state index is 14.6. The Balaban J connectivity index is 1.84. The number of aromatic nitrogens is 3. The third-order valence-corrected chi connectivity index (χ3v) is 8.21. The second-order valence-corrected chi connectivity index (χ2v) is 11.0. The number of para-hydroxylation sites is 1. The second-order valence-electron chi connectivity index (χ2n) is 8.79. The number of rotatable bonds is 6. The number of benzene rings is 2. The number of methoxy groups -OCH3 is 2. The van der Waals surface area contributed by atoms with Crippen LogP contribution in [0.5, 0.6) is 11.9 Å². The van der Waals surface area contributed by atoms with E-state index in [2.05, 4.69) is 15.0 Å². The fourth-order valence-corrected chi connectivity index (χ4v) is 6.24. The Bertz CT molecular complexity index is 1780. The van der Waals surface area contributed by atoms with Gasteiger partial charge in [-0.1, -0.05) is 29.8 Å². The van der Waals surface area contributed by atoms with Gasteiger partial charge < -0.3 is 19.1 Å². The summed E-state index contributed by atoms with van der Waals surface area (Å²) in [6, 6.07) is 12.0. The van der Waals surface area contributed by atoms with Crippen LogP contribution in [0, 0.1) is 0 Å². The van der Waals surface area contributed by atoms with Gasteiger partial charge in [-0.2, -0.15) is 9.29 Å². The van der Waals surface area contributed by atoms with E-state index in [9.17, 15) is 18.0 Å². The number of halogens is 1. The summed E-state index contributed by atoms with van der Waals surface area (Å²) in [6.45, 7) is 0. The third-order valence-electron chi connectivity index (χ3n) is 6.25. The Morgan fingerprint density at radius 1 is 1.02 bits per heavy atom. The fraction of sp³-hybridized carbons (Fsp3) is 0.192. The Morgan fingerprint density at radius 2 is 1.77 bits per heavy atom. The molecule has 12 nitrogen and oxygen atoms in total. The summed E-state index contributed by atoms with van der Waals surface area (Å²) in [5.41, 5.74) is -2.53. The van der Waals surface area contributed by atoms with Crippen molar-refractivity contribution in [2.75, 3.05) is 32.6 Å². The smallest absolute Gasteiger partial charge is 0.411 e. The molecule has 0 spiro atoms. The number of ether oxygens (including phenoxy) is 3. The lowest BCUT2D eigenvalue weighted by Gasteiger charge is -2.30. The normalized spacial score (nSPS) is 16.5. The van der Waals surface area contributed by atoms with E-state index in [1.54, 1.807) is 24.3 Å². The van der Waals surface area contributed by atoms with Crippen LogP contribution in [0.2, 0.25) is 5.02 Å². The molecular formula is C26H22ClN5O7S. The molecule has 40 heavy (non-hydrogen) atoms. The number of nitrogens with zero attached hydrogens (tertiary/aromatic N) is 5. The van der Waals surface area contributed by atoms with Crippen molar-refractivity contribution in [1.82, 2.24) is 19.9 Å². The van der Waals surface area contributed by atoms with Crippen LogP contribution in [-0.2, 0) is 25.2 Å². The minimum Gasteiger partial charge on any atom is -0.481 e. The predicted octanol–water partition coefficient (Wildman–Crippen LogP) is 3.37. The van der Waals surface area contributed by atoms with Crippen molar-refractivity contribution in [3.8, 4) is 11.9 Å². The maximum atomic E-state index is 14.6. The Morgan fingerprint density at radius 3 is 2.48 bits per heavy atom. The van der Waals surface area contributed by atoms with Crippen LogP contribution in [0.1, 0.15) is 11.1 Å². The van der Waals surface area contributed by atoms with E-state index in [1.807, 2.05) is 0 Å². The number of pyridine rings is 1. The van der Waals surface area contributed by atoms with Crippen LogP contribution in [0.4, 0.5) is 10.5 Å². The van der Waals surface area contributed by atoms with Gasteiger partial charge >= 0.3 is 12.1 Å². The molecule has 2 amide bonds. The highest BCUT2D eigenvalue weighted by atomic mass is 35.5. The number of hydrogen-bond acceptors (Lipinski definition) is 10. The van der Waals surface area contributed by atoms with Crippen molar-refractivity contribution >= 4 is 50.2 Å². The average Bonchev–Trinajstić information content (AvgIpc) is 3.19. The van der Waals surface area contributed by atoms with E-state index in [4.69, 9.17) is 25.8 Å². The molecule has 5 rings (SSSR count). The summed E-state index contributed by atoms with van der Waals surface area (Å²) >= 11 is 6.34. The van der Waals surface area contributed by atoms with Gasteiger partial charge in [0.1, 0.15) is 4.90 Å². The number of anilines is 1. The summed E-state index contributed by atoms with van der Waals surface area (Å²) in [6.07, 6.45) is 1.67. The molecule has 3 heterocycles. The van der Waals surface area contributed by atoms with Gasteiger partial charge in [0, 0.05) is 42.5 Å². The largest absolute Gasteiger partial charge is 0.481 e. The molecule has 1 unspecified atom stereocenters. The standard InChI is InChI=1S/C26H22ClN5O7S/c1-31(2)25(34)39-26(18-14-29-24(38-4)30-22(18)37-3)17-13-16(27)10-11-19(17)32(23(26)33)40(35,36)20-9-5-7-15-8-6-12-28-21(15)20/h5-14H,1-4H3. The molecule has 0 radical (unpaired) electrons. The van der Waals surface area contributed by atoms with Gasteiger partial charge in [0.05, 0.1) is 31.0 Å².